The van der Waals surface area contributed by atoms with Crippen molar-refractivity contribution in [3.05, 3.63) is 0 Å². The zero-order valence-corrected chi connectivity index (χ0v) is 4.22. The minimum absolute atomic E-state index is 1.65. The van der Waals surface area contributed by atoms with Gasteiger partial charge in [-0.15, -0.1) is 0 Å². The van der Waals surface area contributed by atoms with E-state index in [1.54, 1.807) is 0 Å². The predicted octanol–water partition coefficient (Wildman–Crippen LogP) is -0.465. The summed E-state index contributed by atoms with van der Waals surface area (Å²) >= 11 is 0. The van der Waals surface area contributed by atoms with Crippen molar-refractivity contribution in [2.24, 2.45) is 0 Å². The van der Waals surface area contributed by atoms with Crippen molar-refractivity contribution in [2.45, 2.75) is 6.18 Å². The molecule has 0 spiro atoms. The van der Waals surface area contributed by atoms with Gasteiger partial charge >= 0.3 is 13.5 Å². The second kappa shape index (κ2) is 3.04. The third-order valence-corrected chi connectivity index (χ3v) is 0.396. The van der Waals surface area contributed by atoms with Gasteiger partial charge in [-0.3, -0.25) is 0 Å². The highest BCUT2D eigenvalue weighted by Crippen LogP contribution is 2.14. The topological polar surface area (TPSA) is 49.7 Å². The van der Waals surface area contributed by atoms with Crippen molar-refractivity contribution < 1.29 is 27.9 Å². The second-order valence-corrected chi connectivity index (χ2v) is 1.25. The molecule has 0 aromatic heterocycles. The lowest BCUT2D eigenvalue weighted by Gasteiger charge is -2.05. The number of halogens is 3. The van der Waals surface area contributed by atoms with E-state index in [1.807, 2.05) is 0 Å². The second-order valence-electron chi connectivity index (χ2n) is 1.25. The van der Waals surface area contributed by atoms with Gasteiger partial charge in [-0.05, 0) is 0 Å². The smallest absolute Gasteiger partial charge is 0.402 e. The highest BCUT2D eigenvalue weighted by molar-refractivity contribution is 6.32. The van der Waals surface area contributed by atoms with Crippen LogP contribution < -0.4 is 0 Å². The Morgan fingerprint density at radius 2 is 1.78 bits per heavy atom. The molecule has 7 heteroatoms. The zero-order chi connectivity index (χ0) is 7.49. The lowest BCUT2D eigenvalue weighted by atomic mass is 10.3. The normalized spacial score (nSPS) is 11.7. The summed E-state index contributed by atoms with van der Waals surface area (Å²) in [4.78, 5) is 0. The van der Waals surface area contributed by atoms with Gasteiger partial charge in [-0.1, -0.05) is 0 Å². The highest BCUT2D eigenvalue weighted by Gasteiger charge is 2.29. The Balaban J connectivity index is 3.28. The molecule has 0 aromatic rings. The first-order valence-corrected chi connectivity index (χ1v) is 1.96. The molecular weight excluding hydrogens is 140 g/mol. The Morgan fingerprint density at radius 1 is 1.33 bits per heavy atom. The van der Waals surface area contributed by atoms with Crippen LogP contribution in [0, 0.1) is 0 Å². The van der Waals surface area contributed by atoms with E-state index in [-0.39, 0.29) is 0 Å². The summed E-state index contributed by atoms with van der Waals surface area (Å²) < 4.78 is 36.6. The number of alkyl halides is 3. The largest absolute Gasteiger partial charge is 0.634 e. The molecule has 0 atom stereocenters. The van der Waals surface area contributed by atoms with Gasteiger partial charge in [-0.2, -0.15) is 13.2 Å². The van der Waals surface area contributed by atoms with Crippen LogP contribution in [-0.4, -0.2) is 30.2 Å². The molecule has 2 N–H and O–H groups in total. The third kappa shape index (κ3) is 7.73. The molecule has 0 aliphatic carbocycles. The molecule has 0 amide bonds. The average Bonchev–Trinajstić information content (AvgIpc) is 1.59. The standard InChI is InChI=1S/C2H4BF3O3/c4-2(5,6)1-9-3(7)8/h7-8H,1H2. The van der Waals surface area contributed by atoms with Crippen molar-refractivity contribution >= 4 is 7.32 Å². The van der Waals surface area contributed by atoms with Crippen molar-refractivity contribution in [3.63, 3.8) is 0 Å². The minimum Gasteiger partial charge on any atom is -0.402 e. The molecule has 0 saturated carbocycles. The molecule has 54 valence electrons. The number of hydrogen-bond acceptors (Lipinski definition) is 3. The van der Waals surface area contributed by atoms with E-state index in [9.17, 15) is 13.2 Å². The summed E-state index contributed by atoms with van der Waals surface area (Å²) in [5.74, 6) is 0. The Hall–Kier alpha value is -0.265. The van der Waals surface area contributed by atoms with Crippen LogP contribution in [0.15, 0.2) is 0 Å². The molecule has 0 fully saturated rings. The third-order valence-electron chi connectivity index (χ3n) is 0.396. The quantitative estimate of drug-likeness (QED) is 0.515. The molecule has 9 heavy (non-hydrogen) atoms. The Bertz CT molecular complexity index is 81.6. The van der Waals surface area contributed by atoms with Crippen LogP contribution in [-0.2, 0) is 4.65 Å². The van der Waals surface area contributed by atoms with Gasteiger partial charge in [0.2, 0.25) is 0 Å². The van der Waals surface area contributed by atoms with Crippen molar-refractivity contribution in [1.29, 1.82) is 0 Å². The molecule has 0 aromatic carbocycles. The summed E-state index contributed by atoms with van der Waals surface area (Å²) in [6.07, 6.45) is -4.51. The maximum absolute atomic E-state index is 11.1. The maximum Gasteiger partial charge on any atom is 0.634 e. The molecule has 0 saturated heterocycles. The molecule has 0 heterocycles. The Labute approximate surface area is 49.2 Å². The number of rotatable bonds is 2. The lowest BCUT2D eigenvalue weighted by molar-refractivity contribution is -0.159. The van der Waals surface area contributed by atoms with E-state index >= 15 is 0 Å². The van der Waals surface area contributed by atoms with Crippen LogP contribution in [0.25, 0.3) is 0 Å². The van der Waals surface area contributed by atoms with Crippen LogP contribution in [0.3, 0.4) is 0 Å². The van der Waals surface area contributed by atoms with E-state index in [2.05, 4.69) is 4.65 Å². The fraction of sp³-hybridized carbons (Fsp3) is 1.00. The van der Waals surface area contributed by atoms with E-state index in [4.69, 9.17) is 10.0 Å². The van der Waals surface area contributed by atoms with Crippen molar-refractivity contribution in [3.8, 4) is 0 Å². The summed E-state index contributed by atoms with van der Waals surface area (Å²) in [5, 5.41) is 15.5. The monoisotopic (exact) mass is 144 g/mol. The summed E-state index contributed by atoms with van der Waals surface area (Å²) in [6.45, 7) is -1.65. The first-order chi connectivity index (χ1) is 3.92. The molecule has 3 nitrogen and oxygen atoms in total. The van der Waals surface area contributed by atoms with Crippen LogP contribution in [0.2, 0.25) is 0 Å². The molecule has 0 radical (unpaired) electrons. The average molecular weight is 144 g/mol. The van der Waals surface area contributed by atoms with E-state index in [0.717, 1.165) is 0 Å². The SMILES string of the molecule is OB(O)OCC(F)(F)F. The van der Waals surface area contributed by atoms with Gasteiger partial charge in [-0.25, -0.2) is 0 Å². The molecule has 0 unspecified atom stereocenters. The lowest BCUT2D eigenvalue weighted by Crippen LogP contribution is -2.26. The van der Waals surface area contributed by atoms with Gasteiger partial charge in [0.25, 0.3) is 0 Å². The minimum atomic E-state index is -4.51. The van der Waals surface area contributed by atoms with Gasteiger partial charge in [0, 0.05) is 0 Å². The Kier molecular flexibility index (Phi) is 2.95. The summed E-state index contributed by atoms with van der Waals surface area (Å²) in [6, 6.07) is 0. The fourth-order valence-electron chi connectivity index (χ4n) is 0.169. The van der Waals surface area contributed by atoms with Crippen molar-refractivity contribution in [2.75, 3.05) is 6.61 Å². The number of hydrogen-bond donors (Lipinski definition) is 2. The van der Waals surface area contributed by atoms with Crippen LogP contribution in [0.4, 0.5) is 13.2 Å². The van der Waals surface area contributed by atoms with Crippen LogP contribution in [0.1, 0.15) is 0 Å². The van der Waals surface area contributed by atoms with Crippen LogP contribution >= 0.6 is 0 Å². The van der Waals surface area contributed by atoms with Crippen LogP contribution in [0.5, 0.6) is 0 Å². The van der Waals surface area contributed by atoms with Gasteiger partial charge in [0.15, 0.2) is 0 Å². The fourth-order valence-corrected chi connectivity index (χ4v) is 0.169. The molecular formula is C2H4BF3O3. The first kappa shape index (κ1) is 8.73. The van der Waals surface area contributed by atoms with E-state index in [1.165, 1.54) is 0 Å². The first-order valence-electron chi connectivity index (χ1n) is 1.96. The van der Waals surface area contributed by atoms with Gasteiger partial charge < -0.3 is 14.7 Å². The zero-order valence-electron chi connectivity index (χ0n) is 4.22. The Morgan fingerprint density at radius 3 is 1.89 bits per heavy atom. The maximum atomic E-state index is 11.1. The molecule has 0 bridgehead atoms. The molecule has 0 aliphatic rings. The molecule has 0 aliphatic heterocycles. The molecule has 0 rings (SSSR count). The highest BCUT2D eigenvalue weighted by atomic mass is 19.4. The van der Waals surface area contributed by atoms with Gasteiger partial charge in [0.05, 0.1) is 0 Å². The van der Waals surface area contributed by atoms with Crippen molar-refractivity contribution in [1.82, 2.24) is 0 Å². The van der Waals surface area contributed by atoms with E-state index < -0.39 is 20.1 Å². The van der Waals surface area contributed by atoms with Gasteiger partial charge in [0.1, 0.15) is 6.61 Å². The predicted molar refractivity (Wildman–Crippen MR) is 22.2 cm³/mol. The summed E-state index contributed by atoms with van der Waals surface area (Å²) in [5.41, 5.74) is 0. The summed E-state index contributed by atoms with van der Waals surface area (Å²) in [7, 11) is -2.35. The van der Waals surface area contributed by atoms with E-state index in [0.29, 0.717) is 0 Å².